The van der Waals surface area contributed by atoms with Gasteiger partial charge in [0.25, 0.3) is 5.91 Å². The molecule has 2 aromatic carbocycles. The fourth-order valence-electron chi connectivity index (χ4n) is 1.85. The van der Waals surface area contributed by atoms with Crippen LogP contribution in [0.25, 0.3) is 0 Å². The SMILES string of the molecule is COc1ccc(C(=O)Nc2ccc(NC(C)=O)cc2)cc1Br. The van der Waals surface area contributed by atoms with Crippen LogP contribution in [0.5, 0.6) is 5.75 Å². The summed E-state index contributed by atoms with van der Waals surface area (Å²) >= 11 is 3.35. The lowest BCUT2D eigenvalue weighted by Gasteiger charge is -2.08. The van der Waals surface area contributed by atoms with Crippen molar-refractivity contribution in [3.63, 3.8) is 0 Å². The predicted octanol–water partition coefficient (Wildman–Crippen LogP) is 3.67. The van der Waals surface area contributed by atoms with Crippen molar-refractivity contribution in [2.45, 2.75) is 6.92 Å². The summed E-state index contributed by atoms with van der Waals surface area (Å²) in [5.41, 5.74) is 1.84. The van der Waals surface area contributed by atoms with Crippen LogP contribution in [0.15, 0.2) is 46.9 Å². The molecule has 0 heterocycles. The van der Waals surface area contributed by atoms with Crippen molar-refractivity contribution < 1.29 is 14.3 Å². The van der Waals surface area contributed by atoms with Crippen molar-refractivity contribution in [2.24, 2.45) is 0 Å². The summed E-state index contributed by atoms with van der Waals surface area (Å²) in [5.74, 6) is 0.298. The van der Waals surface area contributed by atoms with E-state index in [-0.39, 0.29) is 11.8 Å². The Hall–Kier alpha value is -2.34. The molecule has 0 spiro atoms. The van der Waals surface area contributed by atoms with E-state index in [1.54, 1.807) is 49.6 Å². The Bertz CT molecular complexity index is 699. The molecule has 5 nitrogen and oxygen atoms in total. The number of halogens is 1. The van der Waals surface area contributed by atoms with Crippen LogP contribution < -0.4 is 15.4 Å². The lowest BCUT2D eigenvalue weighted by Crippen LogP contribution is -2.12. The number of carbonyl (C=O) groups excluding carboxylic acids is 2. The van der Waals surface area contributed by atoms with Crippen LogP contribution in [0.3, 0.4) is 0 Å². The average Bonchev–Trinajstić information content (AvgIpc) is 2.48. The Labute approximate surface area is 136 Å². The lowest BCUT2D eigenvalue weighted by atomic mass is 10.2. The number of ether oxygens (including phenoxy) is 1. The molecule has 2 aromatic rings. The molecule has 0 bridgehead atoms. The normalized spacial score (nSPS) is 9.95. The van der Waals surface area contributed by atoms with Crippen LogP contribution >= 0.6 is 15.9 Å². The molecule has 2 N–H and O–H groups in total. The molecule has 6 heteroatoms. The summed E-state index contributed by atoms with van der Waals surface area (Å²) in [6.45, 7) is 1.44. The molecule has 0 aliphatic heterocycles. The summed E-state index contributed by atoms with van der Waals surface area (Å²) in [5, 5.41) is 5.46. The van der Waals surface area contributed by atoms with E-state index in [0.717, 1.165) is 0 Å². The Morgan fingerprint density at radius 2 is 1.59 bits per heavy atom. The highest BCUT2D eigenvalue weighted by molar-refractivity contribution is 9.10. The second kappa shape index (κ2) is 7.09. The lowest BCUT2D eigenvalue weighted by molar-refractivity contribution is -0.114. The number of amides is 2. The van der Waals surface area contributed by atoms with Gasteiger partial charge < -0.3 is 15.4 Å². The number of nitrogens with one attached hydrogen (secondary N) is 2. The first-order chi connectivity index (χ1) is 10.5. The van der Waals surface area contributed by atoms with Crippen LogP contribution in [0.1, 0.15) is 17.3 Å². The largest absolute Gasteiger partial charge is 0.496 e. The van der Waals surface area contributed by atoms with E-state index in [9.17, 15) is 9.59 Å². The zero-order chi connectivity index (χ0) is 16.1. The number of benzene rings is 2. The van der Waals surface area contributed by atoms with Crippen molar-refractivity contribution in [1.82, 2.24) is 0 Å². The summed E-state index contributed by atoms with van der Waals surface area (Å²) in [7, 11) is 1.57. The van der Waals surface area contributed by atoms with Gasteiger partial charge in [-0.1, -0.05) is 0 Å². The maximum absolute atomic E-state index is 12.2. The maximum Gasteiger partial charge on any atom is 0.255 e. The summed E-state index contributed by atoms with van der Waals surface area (Å²) in [4.78, 5) is 23.1. The molecule has 0 fully saturated rings. The Morgan fingerprint density at radius 1 is 1.00 bits per heavy atom. The van der Waals surface area contributed by atoms with Gasteiger partial charge in [0.05, 0.1) is 11.6 Å². The fourth-order valence-corrected chi connectivity index (χ4v) is 2.39. The van der Waals surface area contributed by atoms with Crippen molar-refractivity contribution in [1.29, 1.82) is 0 Å². The number of hydrogen-bond acceptors (Lipinski definition) is 3. The number of anilines is 2. The molecule has 0 saturated carbocycles. The predicted molar refractivity (Wildman–Crippen MR) is 89.4 cm³/mol. The van der Waals surface area contributed by atoms with Crippen molar-refractivity contribution in [3.8, 4) is 5.75 Å². The van der Waals surface area contributed by atoms with Crippen LogP contribution in [0.4, 0.5) is 11.4 Å². The molecule has 0 aliphatic carbocycles. The molecule has 0 saturated heterocycles. The minimum atomic E-state index is -0.226. The highest BCUT2D eigenvalue weighted by atomic mass is 79.9. The van der Waals surface area contributed by atoms with Gasteiger partial charge in [0.15, 0.2) is 0 Å². The van der Waals surface area contributed by atoms with E-state index in [1.165, 1.54) is 6.92 Å². The summed E-state index contributed by atoms with van der Waals surface area (Å²) < 4.78 is 5.84. The number of methoxy groups -OCH3 is 1. The quantitative estimate of drug-likeness (QED) is 0.871. The van der Waals surface area contributed by atoms with E-state index in [2.05, 4.69) is 26.6 Å². The van der Waals surface area contributed by atoms with Gasteiger partial charge >= 0.3 is 0 Å². The van der Waals surface area contributed by atoms with E-state index >= 15 is 0 Å². The number of carbonyl (C=O) groups is 2. The minimum Gasteiger partial charge on any atom is -0.496 e. The van der Waals surface area contributed by atoms with Crippen molar-refractivity contribution in [3.05, 3.63) is 52.5 Å². The van der Waals surface area contributed by atoms with Gasteiger partial charge in [-0.2, -0.15) is 0 Å². The first kappa shape index (κ1) is 16.0. The second-order valence-electron chi connectivity index (χ2n) is 4.56. The van der Waals surface area contributed by atoms with Gasteiger partial charge in [0.2, 0.25) is 5.91 Å². The van der Waals surface area contributed by atoms with Crippen molar-refractivity contribution in [2.75, 3.05) is 17.7 Å². The molecule has 2 rings (SSSR count). The van der Waals surface area contributed by atoms with E-state index < -0.39 is 0 Å². The van der Waals surface area contributed by atoms with E-state index in [4.69, 9.17) is 4.74 Å². The first-order valence-electron chi connectivity index (χ1n) is 6.52. The molecular weight excluding hydrogens is 348 g/mol. The summed E-state index contributed by atoms with van der Waals surface area (Å²) in [6.07, 6.45) is 0. The third-order valence-corrected chi connectivity index (χ3v) is 3.50. The van der Waals surface area contributed by atoms with Crippen LogP contribution in [-0.4, -0.2) is 18.9 Å². The highest BCUT2D eigenvalue weighted by Gasteiger charge is 2.09. The van der Waals surface area contributed by atoms with Gasteiger partial charge in [-0.15, -0.1) is 0 Å². The van der Waals surface area contributed by atoms with Gasteiger partial charge in [-0.3, -0.25) is 9.59 Å². The summed E-state index contributed by atoms with van der Waals surface area (Å²) in [6, 6.07) is 12.0. The second-order valence-corrected chi connectivity index (χ2v) is 5.42. The maximum atomic E-state index is 12.2. The molecule has 0 atom stereocenters. The third kappa shape index (κ3) is 4.08. The van der Waals surface area contributed by atoms with Gasteiger partial charge in [-0.05, 0) is 58.4 Å². The minimum absolute atomic E-state index is 0.139. The molecule has 0 unspecified atom stereocenters. The number of hydrogen-bond donors (Lipinski definition) is 2. The molecule has 22 heavy (non-hydrogen) atoms. The molecule has 0 aliphatic rings. The monoisotopic (exact) mass is 362 g/mol. The molecule has 0 radical (unpaired) electrons. The first-order valence-corrected chi connectivity index (χ1v) is 7.31. The van der Waals surface area contributed by atoms with Crippen LogP contribution in [-0.2, 0) is 4.79 Å². The van der Waals surface area contributed by atoms with Crippen LogP contribution in [0.2, 0.25) is 0 Å². The standard InChI is InChI=1S/C16H15BrN2O3/c1-10(20)18-12-4-6-13(7-5-12)19-16(21)11-3-8-15(22-2)14(17)9-11/h3-9H,1-2H3,(H,18,20)(H,19,21). The van der Waals surface area contributed by atoms with Crippen molar-refractivity contribution >= 4 is 39.1 Å². The third-order valence-electron chi connectivity index (χ3n) is 2.88. The number of rotatable bonds is 4. The van der Waals surface area contributed by atoms with E-state index in [0.29, 0.717) is 27.2 Å². The zero-order valence-corrected chi connectivity index (χ0v) is 13.7. The van der Waals surface area contributed by atoms with Gasteiger partial charge in [0, 0.05) is 23.9 Å². The van der Waals surface area contributed by atoms with Crippen LogP contribution in [0, 0.1) is 0 Å². The Balaban J connectivity index is 2.08. The fraction of sp³-hybridized carbons (Fsp3) is 0.125. The molecule has 114 valence electrons. The van der Waals surface area contributed by atoms with Gasteiger partial charge in [0.1, 0.15) is 5.75 Å². The Morgan fingerprint density at radius 3 is 2.09 bits per heavy atom. The van der Waals surface area contributed by atoms with E-state index in [1.807, 2.05) is 0 Å². The van der Waals surface area contributed by atoms with Gasteiger partial charge in [-0.25, -0.2) is 0 Å². The molecular formula is C16H15BrN2O3. The molecule has 0 aromatic heterocycles. The topological polar surface area (TPSA) is 67.4 Å². The zero-order valence-electron chi connectivity index (χ0n) is 12.1. The average molecular weight is 363 g/mol. The smallest absolute Gasteiger partial charge is 0.255 e. The Kier molecular flexibility index (Phi) is 5.16. The molecule has 2 amide bonds. The highest BCUT2D eigenvalue weighted by Crippen LogP contribution is 2.26.